The molecule has 0 aliphatic carbocycles. The lowest BCUT2D eigenvalue weighted by atomic mass is 9.92. The number of carbonyl (C=O) groups is 1. The van der Waals surface area contributed by atoms with Gasteiger partial charge in [0.1, 0.15) is 5.75 Å². The molecule has 6 nitrogen and oxygen atoms in total. The number of ether oxygens (including phenoxy) is 1. The number of amides is 1. The Morgan fingerprint density at radius 2 is 1.83 bits per heavy atom. The highest BCUT2D eigenvalue weighted by Crippen LogP contribution is 2.32. The first kappa shape index (κ1) is 18.8. The topological polar surface area (TPSA) is 77.0 Å². The second-order valence-electron chi connectivity index (χ2n) is 6.26. The van der Waals surface area contributed by atoms with E-state index >= 15 is 0 Å². The molecule has 0 aliphatic rings. The molecule has 4 aromatic rings. The van der Waals surface area contributed by atoms with Gasteiger partial charge in [-0.05, 0) is 23.3 Å². The van der Waals surface area contributed by atoms with Gasteiger partial charge in [-0.15, -0.1) is 0 Å². The first-order valence-corrected chi connectivity index (χ1v) is 9.77. The quantitative estimate of drug-likeness (QED) is 0.518. The van der Waals surface area contributed by atoms with Crippen molar-refractivity contribution in [3.05, 3.63) is 90.6 Å². The molecule has 144 valence electrons. The van der Waals surface area contributed by atoms with Crippen LogP contribution in [0.15, 0.2) is 79.5 Å². The monoisotopic (exact) mass is 402 g/mol. The van der Waals surface area contributed by atoms with Gasteiger partial charge in [-0.25, -0.2) is 4.98 Å². The summed E-state index contributed by atoms with van der Waals surface area (Å²) in [7, 11) is 1.60. The first-order chi connectivity index (χ1) is 14.2. The molecule has 0 saturated carbocycles. The molecule has 1 aromatic carbocycles. The zero-order valence-corrected chi connectivity index (χ0v) is 16.5. The minimum absolute atomic E-state index is 0.158. The third-order valence-corrected chi connectivity index (χ3v) is 5.34. The lowest BCUT2D eigenvalue weighted by Crippen LogP contribution is -2.22. The summed E-state index contributed by atoms with van der Waals surface area (Å²) < 4.78 is 5.22. The van der Waals surface area contributed by atoms with Gasteiger partial charge >= 0.3 is 0 Å². The number of nitrogens with one attached hydrogen (secondary N) is 1. The van der Waals surface area contributed by atoms with E-state index in [0.29, 0.717) is 10.9 Å². The van der Waals surface area contributed by atoms with Crippen LogP contribution in [0.25, 0.3) is 10.4 Å². The second kappa shape index (κ2) is 8.62. The Balaban J connectivity index is 1.59. The highest BCUT2D eigenvalue weighted by atomic mass is 32.1. The Morgan fingerprint density at radius 3 is 2.59 bits per heavy atom. The molecule has 4 rings (SSSR count). The molecule has 0 saturated heterocycles. The average Bonchev–Trinajstić information content (AvgIpc) is 3.24. The third-order valence-electron chi connectivity index (χ3n) is 4.38. The van der Waals surface area contributed by atoms with Crippen LogP contribution in [0.1, 0.15) is 17.0 Å². The Labute approximate surface area is 172 Å². The van der Waals surface area contributed by atoms with Gasteiger partial charge in [-0.1, -0.05) is 47.7 Å². The van der Waals surface area contributed by atoms with Crippen LogP contribution in [0.2, 0.25) is 0 Å². The molecule has 0 spiro atoms. The largest absolute Gasteiger partial charge is 0.495 e. The summed E-state index contributed by atoms with van der Waals surface area (Å²) in [6.07, 6.45) is 8.51. The molecule has 0 radical (unpaired) electrons. The van der Waals surface area contributed by atoms with E-state index in [-0.39, 0.29) is 5.91 Å². The van der Waals surface area contributed by atoms with Crippen LogP contribution >= 0.6 is 11.3 Å². The predicted molar refractivity (Wildman–Crippen MR) is 113 cm³/mol. The minimum atomic E-state index is -0.476. The number of rotatable bonds is 6. The van der Waals surface area contributed by atoms with Crippen LogP contribution in [0.3, 0.4) is 0 Å². The summed E-state index contributed by atoms with van der Waals surface area (Å²) in [5.41, 5.74) is 2.60. The Bertz CT molecular complexity index is 1060. The van der Waals surface area contributed by atoms with Crippen molar-refractivity contribution in [2.45, 2.75) is 5.92 Å². The normalized spacial score (nSPS) is 11.6. The van der Waals surface area contributed by atoms with Crippen LogP contribution < -0.4 is 10.1 Å². The third kappa shape index (κ3) is 4.30. The average molecular weight is 402 g/mol. The van der Waals surface area contributed by atoms with E-state index in [1.54, 1.807) is 38.1 Å². The highest BCUT2D eigenvalue weighted by Gasteiger charge is 2.24. The molecule has 0 aliphatic heterocycles. The molecular formula is C22H18N4O2S. The van der Waals surface area contributed by atoms with Crippen molar-refractivity contribution in [3.8, 4) is 16.2 Å². The van der Waals surface area contributed by atoms with Gasteiger partial charge in [-0.3, -0.25) is 14.8 Å². The molecule has 1 atom stereocenters. The number of anilines is 1. The summed E-state index contributed by atoms with van der Waals surface area (Å²) in [5, 5.41) is 3.47. The smallest absolute Gasteiger partial charge is 0.238 e. The van der Waals surface area contributed by atoms with Crippen molar-refractivity contribution in [3.63, 3.8) is 0 Å². The number of methoxy groups -OCH3 is 1. The minimum Gasteiger partial charge on any atom is -0.495 e. The van der Waals surface area contributed by atoms with Gasteiger partial charge in [0.2, 0.25) is 5.91 Å². The van der Waals surface area contributed by atoms with Gasteiger partial charge in [0.15, 0.2) is 5.13 Å². The van der Waals surface area contributed by atoms with E-state index in [1.165, 1.54) is 11.3 Å². The maximum Gasteiger partial charge on any atom is 0.238 e. The van der Waals surface area contributed by atoms with Gasteiger partial charge in [0.25, 0.3) is 0 Å². The van der Waals surface area contributed by atoms with Crippen LogP contribution in [0, 0.1) is 0 Å². The summed E-state index contributed by atoms with van der Waals surface area (Å²) >= 11 is 1.39. The molecule has 7 heteroatoms. The van der Waals surface area contributed by atoms with Gasteiger partial charge in [0.05, 0.1) is 24.1 Å². The fourth-order valence-corrected chi connectivity index (χ4v) is 3.80. The number of nitrogens with zero attached hydrogens (tertiary/aromatic N) is 3. The van der Waals surface area contributed by atoms with Gasteiger partial charge in [0, 0.05) is 30.4 Å². The molecule has 1 unspecified atom stereocenters. The SMILES string of the molecule is COc1cncc(-c2cnc(NC(=O)C(c3ccccc3)c3cccnc3)s2)c1. The van der Waals surface area contributed by atoms with Gasteiger partial charge in [-0.2, -0.15) is 0 Å². The molecule has 3 heterocycles. The molecule has 0 bridgehead atoms. The number of benzene rings is 1. The lowest BCUT2D eigenvalue weighted by Gasteiger charge is -2.16. The van der Waals surface area contributed by atoms with E-state index in [9.17, 15) is 4.79 Å². The van der Waals surface area contributed by atoms with Crippen LogP contribution in [-0.2, 0) is 4.79 Å². The zero-order chi connectivity index (χ0) is 20.1. The summed E-state index contributed by atoms with van der Waals surface area (Å²) in [6.45, 7) is 0. The fourth-order valence-electron chi connectivity index (χ4n) is 3.00. The lowest BCUT2D eigenvalue weighted by molar-refractivity contribution is -0.116. The zero-order valence-electron chi connectivity index (χ0n) is 15.6. The van der Waals surface area contributed by atoms with Gasteiger partial charge < -0.3 is 10.1 Å². The molecule has 3 aromatic heterocycles. The number of aromatic nitrogens is 3. The summed E-state index contributed by atoms with van der Waals surface area (Å²) in [6, 6.07) is 15.3. The van der Waals surface area contributed by atoms with Crippen LogP contribution in [0.4, 0.5) is 5.13 Å². The summed E-state index contributed by atoms with van der Waals surface area (Å²) in [5.74, 6) is 0.0341. The van der Waals surface area contributed by atoms with Crippen molar-refractivity contribution < 1.29 is 9.53 Å². The first-order valence-electron chi connectivity index (χ1n) is 8.95. The van der Waals surface area contributed by atoms with Crippen molar-refractivity contribution >= 4 is 22.4 Å². The second-order valence-corrected chi connectivity index (χ2v) is 7.29. The molecular weight excluding hydrogens is 384 g/mol. The standard InChI is InChI=1S/C22H18N4O2S/c1-28-18-10-17(12-24-13-18)19-14-25-22(29-19)26-21(27)20(15-6-3-2-4-7-15)16-8-5-9-23-11-16/h2-14,20H,1H3,(H,25,26,27). The summed E-state index contributed by atoms with van der Waals surface area (Å²) in [4.78, 5) is 26.7. The number of thiazole rings is 1. The molecule has 1 amide bonds. The maximum atomic E-state index is 13.2. The highest BCUT2D eigenvalue weighted by molar-refractivity contribution is 7.19. The van der Waals surface area contributed by atoms with E-state index in [0.717, 1.165) is 21.6 Å². The number of hydrogen-bond donors (Lipinski definition) is 1. The Kier molecular flexibility index (Phi) is 5.58. The Morgan fingerprint density at radius 1 is 1.00 bits per heavy atom. The van der Waals surface area contributed by atoms with Crippen molar-refractivity contribution in [2.24, 2.45) is 0 Å². The molecule has 29 heavy (non-hydrogen) atoms. The van der Waals surface area contributed by atoms with Crippen LogP contribution in [0.5, 0.6) is 5.75 Å². The molecule has 0 fully saturated rings. The number of hydrogen-bond acceptors (Lipinski definition) is 6. The fraction of sp³-hybridized carbons (Fsp3) is 0.0909. The maximum absolute atomic E-state index is 13.2. The van der Waals surface area contributed by atoms with E-state index in [4.69, 9.17) is 4.74 Å². The van der Waals surface area contributed by atoms with E-state index < -0.39 is 5.92 Å². The number of carbonyl (C=O) groups excluding carboxylic acids is 1. The Hall–Kier alpha value is -3.58. The van der Waals surface area contributed by atoms with E-state index in [1.807, 2.05) is 48.5 Å². The van der Waals surface area contributed by atoms with Crippen molar-refractivity contribution in [1.29, 1.82) is 0 Å². The predicted octanol–water partition coefficient (Wildman–Crippen LogP) is 4.38. The number of pyridine rings is 2. The van der Waals surface area contributed by atoms with Crippen LogP contribution in [-0.4, -0.2) is 28.0 Å². The molecule has 1 N–H and O–H groups in total. The van der Waals surface area contributed by atoms with Crippen molar-refractivity contribution in [1.82, 2.24) is 15.0 Å². The van der Waals surface area contributed by atoms with Crippen molar-refractivity contribution in [2.75, 3.05) is 12.4 Å². The van der Waals surface area contributed by atoms with E-state index in [2.05, 4.69) is 20.3 Å².